The number of non-ortho nitro benzene ring substituents is 1. The van der Waals surface area contributed by atoms with E-state index in [1.54, 1.807) is 36.6 Å². The molecular weight excluding hydrogens is 796 g/mol. The zero-order chi connectivity index (χ0) is 30.8. The summed E-state index contributed by atoms with van der Waals surface area (Å²) in [6, 6.07) is 17.1. The molecule has 9 nitrogen and oxygen atoms in total. The Labute approximate surface area is 278 Å². The van der Waals surface area contributed by atoms with Crippen molar-refractivity contribution in [3.63, 3.8) is 0 Å². The largest absolute Gasteiger partial charge is 0.487 e. The van der Waals surface area contributed by atoms with Crippen LogP contribution in [-0.4, -0.2) is 22.1 Å². The first-order chi connectivity index (χ1) is 20.6. The Balaban J connectivity index is 1.60. The number of hydrogen-bond donors (Lipinski definition) is 0. The number of allylic oxidation sites excluding steroid dienone is 1. The van der Waals surface area contributed by atoms with Crippen molar-refractivity contribution in [1.29, 1.82) is 0 Å². The number of carbonyl (C=O) groups excluding carboxylic acids is 1. The van der Waals surface area contributed by atoms with Gasteiger partial charge < -0.3 is 9.47 Å². The second-order valence-corrected chi connectivity index (χ2v) is 13.1. The van der Waals surface area contributed by atoms with E-state index in [-0.39, 0.29) is 24.5 Å². The maximum absolute atomic E-state index is 14.1. The molecule has 220 valence electrons. The van der Waals surface area contributed by atoms with E-state index in [9.17, 15) is 19.7 Å². The number of nitro benzene ring substituents is 1. The smallest absolute Gasteiger partial charge is 0.338 e. The maximum Gasteiger partial charge on any atom is 0.338 e. The molecule has 2 heterocycles. The highest BCUT2D eigenvalue weighted by Gasteiger charge is 2.33. The van der Waals surface area contributed by atoms with E-state index in [1.165, 1.54) is 23.5 Å². The molecule has 1 aromatic heterocycles. The van der Waals surface area contributed by atoms with Gasteiger partial charge in [-0.1, -0.05) is 41.2 Å². The molecule has 12 heteroatoms. The summed E-state index contributed by atoms with van der Waals surface area (Å²) in [6.45, 7) is 5.87. The number of fused-ring (bicyclic) bond motifs is 1. The molecule has 0 amide bonds. The van der Waals surface area contributed by atoms with E-state index in [0.29, 0.717) is 31.9 Å². The minimum atomic E-state index is -0.688. The molecule has 1 aliphatic heterocycles. The van der Waals surface area contributed by atoms with Crippen molar-refractivity contribution >= 4 is 74.3 Å². The van der Waals surface area contributed by atoms with Crippen LogP contribution in [0.3, 0.4) is 0 Å². The van der Waals surface area contributed by atoms with Gasteiger partial charge in [-0.3, -0.25) is 19.5 Å². The van der Waals surface area contributed by atoms with Crippen molar-refractivity contribution in [2.24, 2.45) is 4.99 Å². The zero-order valence-corrected chi connectivity index (χ0v) is 28.4. The van der Waals surface area contributed by atoms with Gasteiger partial charge in [-0.25, -0.2) is 9.79 Å². The Morgan fingerprint density at radius 3 is 2.47 bits per heavy atom. The Kier molecular flexibility index (Phi) is 9.46. The monoisotopic (exact) mass is 821 g/mol. The summed E-state index contributed by atoms with van der Waals surface area (Å²) < 4.78 is 15.4. The molecule has 0 saturated carbocycles. The van der Waals surface area contributed by atoms with Crippen LogP contribution in [0.5, 0.6) is 5.75 Å². The van der Waals surface area contributed by atoms with Gasteiger partial charge in [0.05, 0.1) is 36.9 Å². The van der Waals surface area contributed by atoms with Crippen LogP contribution in [0.4, 0.5) is 5.69 Å². The summed E-state index contributed by atoms with van der Waals surface area (Å²) in [5.41, 5.74) is 3.89. The van der Waals surface area contributed by atoms with Gasteiger partial charge in [-0.2, -0.15) is 0 Å². The molecule has 0 spiro atoms. The van der Waals surface area contributed by atoms with Crippen LogP contribution in [0.25, 0.3) is 6.08 Å². The van der Waals surface area contributed by atoms with Crippen molar-refractivity contribution in [3.05, 3.63) is 131 Å². The fourth-order valence-electron chi connectivity index (χ4n) is 4.71. The van der Waals surface area contributed by atoms with Gasteiger partial charge in [0.2, 0.25) is 0 Å². The average Bonchev–Trinajstić information content (AvgIpc) is 3.26. The Morgan fingerprint density at radius 1 is 1.12 bits per heavy atom. The molecule has 0 saturated heterocycles. The number of benzene rings is 3. The fraction of sp³-hybridized carbons (Fsp3) is 0.194. The van der Waals surface area contributed by atoms with E-state index >= 15 is 0 Å². The SMILES string of the molecule is CCOC(=O)C1=C(C)N=c2s/c(=C\c3cc(I)cc(I)c3OCc3ccc([N+](=O)[O-])cc3)c(=O)n2[C@H]1c1ccc(C)cc1. The van der Waals surface area contributed by atoms with Crippen LogP contribution < -0.4 is 19.6 Å². The number of thiazole rings is 1. The normalized spacial score (nSPS) is 14.7. The molecule has 3 aromatic carbocycles. The zero-order valence-electron chi connectivity index (χ0n) is 23.3. The molecule has 1 aliphatic rings. The quantitative estimate of drug-likeness (QED) is 0.0962. The molecule has 0 N–H and O–H groups in total. The van der Waals surface area contributed by atoms with Gasteiger partial charge in [-0.15, -0.1) is 0 Å². The Hall–Kier alpha value is -3.37. The van der Waals surface area contributed by atoms with Crippen molar-refractivity contribution in [3.8, 4) is 5.75 Å². The van der Waals surface area contributed by atoms with Crippen molar-refractivity contribution in [2.75, 3.05) is 6.61 Å². The fourth-order valence-corrected chi connectivity index (χ4v) is 7.79. The number of carbonyl (C=O) groups is 1. The summed E-state index contributed by atoms with van der Waals surface area (Å²) >= 11 is 5.66. The lowest BCUT2D eigenvalue weighted by atomic mass is 9.95. The molecule has 0 radical (unpaired) electrons. The number of halogens is 2. The summed E-state index contributed by atoms with van der Waals surface area (Å²) in [6.07, 6.45) is 1.79. The number of aromatic nitrogens is 1. The van der Waals surface area contributed by atoms with Gasteiger partial charge >= 0.3 is 5.97 Å². The highest BCUT2D eigenvalue weighted by molar-refractivity contribution is 14.1. The first-order valence-electron chi connectivity index (χ1n) is 13.2. The van der Waals surface area contributed by atoms with Gasteiger partial charge in [0, 0.05) is 21.3 Å². The van der Waals surface area contributed by atoms with Crippen LogP contribution >= 0.6 is 56.5 Å². The number of esters is 1. The third-order valence-corrected chi connectivity index (χ3v) is 9.17. The standard InChI is InChI=1S/C31H25I2N3O6S/c1-4-41-30(38)26-18(3)34-31-35(27(26)20-9-5-17(2)6-10-20)29(37)25(43-31)14-21-13-22(32)15-24(33)28(21)42-16-19-7-11-23(12-8-19)36(39)40/h5-15,27H,4,16H2,1-3H3/b25-14-/t27-/m0/s1. The molecule has 0 aliphatic carbocycles. The Morgan fingerprint density at radius 2 is 1.81 bits per heavy atom. The maximum atomic E-state index is 14.1. The van der Waals surface area contributed by atoms with E-state index in [2.05, 4.69) is 50.2 Å². The van der Waals surface area contributed by atoms with Crippen LogP contribution in [0.1, 0.15) is 42.1 Å². The van der Waals surface area contributed by atoms with Crippen molar-refractivity contribution in [2.45, 2.75) is 33.4 Å². The second kappa shape index (κ2) is 13.1. The number of rotatable bonds is 8. The predicted molar refractivity (Wildman–Crippen MR) is 181 cm³/mol. The van der Waals surface area contributed by atoms with E-state index in [1.807, 2.05) is 43.3 Å². The van der Waals surface area contributed by atoms with Gasteiger partial charge in [0.25, 0.3) is 11.2 Å². The third kappa shape index (κ3) is 6.60. The molecular formula is C31H25I2N3O6S. The van der Waals surface area contributed by atoms with Gasteiger partial charge in [0.1, 0.15) is 12.4 Å². The minimum absolute atomic E-state index is 0.00829. The average molecular weight is 821 g/mol. The van der Waals surface area contributed by atoms with E-state index in [4.69, 9.17) is 9.47 Å². The number of nitrogens with zero attached hydrogens (tertiary/aromatic N) is 3. The summed E-state index contributed by atoms with van der Waals surface area (Å²) in [5.74, 6) is 0.0846. The molecule has 0 unspecified atom stereocenters. The molecule has 5 rings (SSSR count). The highest BCUT2D eigenvalue weighted by atomic mass is 127. The van der Waals surface area contributed by atoms with Crippen LogP contribution in [0.15, 0.2) is 81.7 Å². The van der Waals surface area contributed by atoms with E-state index in [0.717, 1.165) is 23.8 Å². The number of ether oxygens (including phenoxy) is 2. The van der Waals surface area contributed by atoms with Crippen LogP contribution in [0, 0.1) is 24.2 Å². The molecule has 4 aromatic rings. The lowest BCUT2D eigenvalue weighted by molar-refractivity contribution is -0.384. The van der Waals surface area contributed by atoms with Crippen LogP contribution in [0.2, 0.25) is 0 Å². The first-order valence-corrected chi connectivity index (χ1v) is 16.2. The predicted octanol–water partition coefficient (Wildman–Crippen LogP) is 5.80. The highest BCUT2D eigenvalue weighted by Crippen LogP contribution is 2.32. The lowest BCUT2D eigenvalue weighted by Crippen LogP contribution is -2.39. The Bertz CT molecular complexity index is 1950. The molecule has 43 heavy (non-hydrogen) atoms. The summed E-state index contributed by atoms with van der Waals surface area (Å²) in [4.78, 5) is 42.9. The number of nitro groups is 1. The third-order valence-electron chi connectivity index (χ3n) is 6.76. The number of hydrogen-bond acceptors (Lipinski definition) is 8. The van der Waals surface area contributed by atoms with Gasteiger partial charge in [0.15, 0.2) is 4.80 Å². The minimum Gasteiger partial charge on any atom is -0.487 e. The van der Waals surface area contributed by atoms with Crippen molar-refractivity contribution in [1.82, 2.24) is 4.57 Å². The molecule has 0 bridgehead atoms. The topological polar surface area (TPSA) is 113 Å². The first kappa shape index (κ1) is 31.1. The molecule has 1 atom stereocenters. The van der Waals surface area contributed by atoms with E-state index < -0.39 is 16.9 Å². The lowest BCUT2D eigenvalue weighted by Gasteiger charge is -2.24. The van der Waals surface area contributed by atoms with Gasteiger partial charge in [-0.05, 0) is 107 Å². The van der Waals surface area contributed by atoms with Crippen LogP contribution in [-0.2, 0) is 16.1 Å². The number of aryl methyl sites for hydroxylation is 1. The summed E-state index contributed by atoms with van der Waals surface area (Å²) in [5, 5.41) is 11.0. The summed E-state index contributed by atoms with van der Waals surface area (Å²) in [7, 11) is 0. The van der Waals surface area contributed by atoms with Crippen molar-refractivity contribution < 1.29 is 19.2 Å². The second-order valence-electron chi connectivity index (χ2n) is 9.73. The molecule has 0 fully saturated rings.